The first-order valence-electron chi connectivity index (χ1n) is 3.91. The van der Waals surface area contributed by atoms with Crippen molar-refractivity contribution in [1.82, 2.24) is 0 Å². The molecular weight excluding hydrogens is 207 g/mol. The Labute approximate surface area is 83.3 Å². The molecule has 0 spiro atoms. The summed E-state index contributed by atoms with van der Waals surface area (Å²) in [6, 6.07) is 8.59. The van der Waals surface area contributed by atoms with Gasteiger partial charge in [-0.15, -0.1) is 0 Å². The van der Waals surface area contributed by atoms with Crippen LogP contribution in [0.4, 0.5) is 4.39 Å². The third kappa shape index (κ3) is 3.85. The molecule has 0 aliphatic rings. The van der Waals surface area contributed by atoms with Gasteiger partial charge in [0, 0.05) is 0 Å². The van der Waals surface area contributed by atoms with E-state index in [1.54, 1.807) is 30.3 Å². The number of rotatable bonds is 2. The van der Waals surface area contributed by atoms with Gasteiger partial charge in [0.1, 0.15) is 5.25 Å². The third-order valence-corrected chi connectivity index (χ3v) is 2.88. The van der Waals surface area contributed by atoms with Gasteiger partial charge in [-0.05, 0) is 12.5 Å². The van der Waals surface area contributed by atoms with Crippen molar-refractivity contribution in [1.29, 1.82) is 0 Å². The lowest BCUT2D eigenvalue weighted by Crippen LogP contribution is -2.07. The average Bonchev–Trinajstić information content (AvgIpc) is 2.20. The molecule has 1 aromatic rings. The lowest BCUT2D eigenvalue weighted by atomic mass is 10.2. The van der Waals surface area contributed by atoms with Crippen LogP contribution in [0.5, 0.6) is 0 Å². The van der Waals surface area contributed by atoms with E-state index < -0.39 is 15.4 Å². The summed E-state index contributed by atoms with van der Waals surface area (Å²) in [6.07, 6.45) is 0. The van der Waals surface area contributed by atoms with Gasteiger partial charge in [-0.3, -0.25) is 8.94 Å². The molecule has 0 radical (unpaired) electrons. The summed E-state index contributed by atoms with van der Waals surface area (Å²) < 4.78 is 39.6. The van der Waals surface area contributed by atoms with Crippen LogP contribution in [0.25, 0.3) is 0 Å². The zero-order chi connectivity index (χ0) is 11.2. The molecule has 5 heteroatoms. The molecule has 0 heterocycles. The molecular formula is C9H13FO3S. The van der Waals surface area contributed by atoms with Crippen molar-refractivity contribution in [2.45, 2.75) is 12.2 Å². The van der Waals surface area contributed by atoms with Gasteiger partial charge in [-0.1, -0.05) is 30.3 Å². The lowest BCUT2D eigenvalue weighted by Gasteiger charge is -2.06. The van der Waals surface area contributed by atoms with E-state index >= 15 is 0 Å². The minimum absolute atomic E-state index is 0.500. The van der Waals surface area contributed by atoms with Gasteiger partial charge in [0.2, 0.25) is 0 Å². The van der Waals surface area contributed by atoms with E-state index in [2.05, 4.69) is 0 Å². The van der Waals surface area contributed by atoms with Crippen molar-refractivity contribution in [3.8, 4) is 0 Å². The first-order chi connectivity index (χ1) is 6.52. The van der Waals surface area contributed by atoms with Gasteiger partial charge >= 0.3 is 0 Å². The number of hydrogen-bond acceptors (Lipinski definition) is 2. The van der Waals surface area contributed by atoms with Crippen LogP contribution in [0.15, 0.2) is 30.3 Å². The Balaban J connectivity index is 0.000000791. The molecule has 80 valence electrons. The molecule has 0 fully saturated rings. The maximum Gasteiger partial charge on any atom is 0.271 e. The maximum absolute atomic E-state index is 10.7. The van der Waals surface area contributed by atoms with E-state index in [0.29, 0.717) is 12.7 Å². The van der Waals surface area contributed by atoms with Gasteiger partial charge in [0.05, 0.1) is 7.18 Å². The molecule has 1 unspecified atom stereocenters. The molecule has 0 aromatic heterocycles. The predicted molar refractivity (Wildman–Crippen MR) is 53.4 cm³/mol. The van der Waals surface area contributed by atoms with Gasteiger partial charge < -0.3 is 0 Å². The first kappa shape index (κ1) is 13.1. The Morgan fingerprint density at radius 1 is 1.21 bits per heavy atom. The third-order valence-electron chi connectivity index (χ3n) is 1.72. The fourth-order valence-electron chi connectivity index (χ4n) is 0.896. The van der Waals surface area contributed by atoms with E-state index in [-0.39, 0.29) is 0 Å². The van der Waals surface area contributed by atoms with Crippen LogP contribution in [0.1, 0.15) is 17.7 Å². The molecule has 14 heavy (non-hydrogen) atoms. The Kier molecular flexibility index (Phi) is 5.34. The van der Waals surface area contributed by atoms with Gasteiger partial charge in [0.15, 0.2) is 0 Å². The Morgan fingerprint density at radius 3 is 2.00 bits per heavy atom. The smallest absolute Gasteiger partial charge is 0.271 e. The molecule has 3 nitrogen and oxygen atoms in total. The highest BCUT2D eigenvalue weighted by Crippen LogP contribution is 2.19. The zero-order valence-corrected chi connectivity index (χ0v) is 8.83. The molecule has 0 saturated heterocycles. The van der Waals surface area contributed by atoms with Crippen molar-refractivity contribution in [3.63, 3.8) is 0 Å². The monoisotopic (exact) mass is 220 g/mol. The normalized spacial score (nSPS) is 12.6. The van der Waals surface area contributed by atoms with Crippen LogP contribution in [0.3, 0.4) is 0 Å². The molecule has 0 aliphatic carbocycles. The van der Waals surface area contributed by atoms with Crippen molar-refractivity contribution < 1.29 is 17.4 Å². The first-order valence-corrected chi connectivity index (χ1v) is 5.41. The summed E-state index contributed by atoms with van der Waals surface area (Å²) in [6.45, 7) is 1.45. The molecule has 0 aliphatic heterocycles. The van der Waals surface area contributed by atoms with Gasteiger partial charge in [0.25, 0.3) is 10.1 Å². The van der Waals surface area contributed by atoms with E-state index in [9.17, 15) is 12.8 Å². The fourth-order valence-corrected chi connectivity index (χ4v) is 1.40. The second-order valence-corrected chi connectivity index (χ2v) is 4.30. The summed E-state index contributed by atoms with van der Waals surface area (Å²) in [5.74, 6) is 0. The van der Waals surface area contributed by atoms with E-state index in [1.807, 2.05) is 0 Å². The largest absolute Gasteiger partial charge is 0.285 e. The summed E-state index contributed by atoms with van der Waals surface area (Å²) in [5, 5.41) is -0.848. The Morgan fingerprint density at radius 2 is 1.64 bits per heavy atom. The van der Waals surface area contributed by atoms with Gasteiger partial charge in [-0.25, -0.2) is 0 Å². The van der Waals surface area contributed by atoms with Crippen LogP contribution in [0.2, 0.25) is 0 Å². The minimum atomic E-state index is -3.96. The topological polar surface area (TPSA) is 54.4 Å². The highest BCUT2D eigenvalue weighted by Gasteiger charge is 2.18. The molecule has 1 rings (SSSR count). The van der Waals surface area contributed by atoms with Crippen LogP contribution >= 0.6 is 0 Å². The van der Waals surface area contributed by atoms with Gasteiger partial charge in [-0.2, -0.15) is 8.42 Å². The highest BCUT2D eigenvalue weighted by atomic mass is 32.2. The predicted octanol–water partition coefficient (Wildman–Crippen LogP) is 2.22. The molecule has 0 saturated carbocycles. The summed E-state index contributed by atoms with van der Waals surface area (Å²) in [4.78, 5) is 0. The van der Waals surface area contributed by atoms with Crippen LogP contribution < -0.4 is 0 Å². The Bertz CT molecular complexity index is 348. The van der Waals surface area contributed by atoms with Crippen molar-refractivity contribution in [2.75, 3.05) is 7.18 Å². The lowest BCUT2D eigenvalue weighted by molar-refractivity contribution is 0.472. The second-order valence-electron chi connectivity index (χ2n) is 2.57. The quantitative estimate of drug-likeness (QED) is 0.777. The van der Waals surface area contributed by atoms with Crippen LogP contribution in [-0.4, -0.2) is 20.1 Å². The zero-order valence-electron chi connectivity index (χ0n) is 8.01. The standard InChI is InChI=1S/C8H10O3S.CH3F/c1-7(12(9,10)11)8-5-3-2-4-6-8;1-2/h2-7H,1H3,(H,9,10,11);1H3. The van der Waals surface area contributed by atoms with E-state index in [1.165, 1.54) is 6.92 Å². The van der Waals surface area contributed by atoms with Crippen molar-refractivity contribution in [3.05, 3.63) is 35.9 Å². The Hall–Kier alpha value is -0.940. The summed E-state index contributed by atoms with van der Waals surface area (Å²) >= 11 is 0. The van der Waals surface area contributed by atoms with Crippen molar-refractivity contribution >= 4 is 10.1 Å². The number of alkyl halides is 1. The van der Waals surface area contributed by atoms with Crippen LogP contribution in [0, 0.1) is 0 Å². The number of hydrogen-bond donors (Lipinski definition) is 1. The molecule has 1 aromatic carbocycles. The number of halogens is 1. The van der Waals surface area contributed by atoms with E-state index in [0.717, 1.165) is 0 Å². The number of benzene rings is 1. The van der Waals surface area contributed by atoms with E-state index in [4.69, 9.17) is 4.55 Å². The maximum atomic E-state index is 10.7. The molecule has 0 bridgehead atoms. The molecule has 0 amide bonds. The molecule has 1 atom stereocenters. The average molecular weight is 220 g/mol. The fraction of sp³-hybridized carbons (Fsp3) is 0.333. The summed E-state index contributed by atoms with van der Waals surface area (Å²) in [7, 11) is -3.46. The van der Waals surface area contributed by atoms with Crippen LogP contribution in [-0.2, 0) is 10.1 Å². The minimum Gasteiger partial charge on any atom is -0.285 e. The second kappa shape index (κ2) is 5.72. The van der Waals surface area contributed by atoms with Crippen molar-refractivity contribution in [2.24, 2.45) is 0 Å². The highest BCUT2D eigenvalue weighted by molar-refractivity contribution is 7.86. The summed E-state index contributed by atoms with van der Waals surface area (Å²) in [5.41, 5.74) is 0.597. The SMILES string of the molecule is CC(c1ccccc1)S(=O)(=O)O.CF. The molecule has 1 N–H and O–H groups in total.